The highest BCUT2D eigenvalue weighted by atomic mass is 79.9. The zero-order chi connectivity index (χ0) is 12.3. The normalized spacial score (nSPS) is 10.5. The molecule has 0 unspecified atom stereocenters. The molecule has 0 aromatic carbocycles. The lowest BCUT2D eigenvalue weighted by Crippen LogP contribution is -2.05. The number of anilines is 2. The maximum Gasteiger partial charge on any atom is 0.221 e. The van der Waals surface area contributed by atoms with E-state index in [1.165, 1.54) is 10.4 Å². The van der Waals surface area contributed by atoms with Crippen molar-refractivity contribution in [3.8, 4) is 0 Å². The number of aryl methyl sites for hydroxylation is 1. The Bertz CT molecular complexity index is 512. The van der Waals surface area contributed by atoms with E-state index < -0.39 is 0 Å². The van der Waals surface area contributed by atoms with Gasteiger partial charge in [-0.2, -0.15) is 4.98 Å². The molecule has 6 heteroatoms. The van der Waals surface area contributed by atoms with Crippen molar-refractivity contribution in [2.75, 3.05) is 11.1 Å². The summed E-state index contributed by atoms with van der Waals surface area (Å²) in [5.41, 5.74) is 6.93. The number of nitrogen functional groups attached to an aromatic ring is 1. The predicted octanol–water partition coefficient (Wildman–Crippen LogP) is 3.06. The van der Waals surface area contributed by atoms with Gasteiger partial charge in [0.25, 0.3) is 0 Å². The van der Waals surface area contributed by atoms with Gasteiger partial charge in [0, 0.05) is 11.1 Å². The van der Waals surface area contributed by atoms with Crippen molar-refractivity contribution in [2.45, 2.75) is 19.9 Å². The molecule has 0 bridgehead atoms. The molecule has 2 aromatic heterocycles. The number of nitrogens with two attached hydrogens (primary N) is 1. The zero-order valence-corrected chi connectivity index (χ0v) is 11.8. The van der Waals surface area contributed by atoms with E-state index in [4.69, 9.17) is 5.73 Å². The van der Waals surface area contributed by atoms with Crippen LogP contribution in [0.2, 0.25) is 0 Å². The van der Waals surface area contributed by atoms with E-state index in [-0.39, 0.29) is 5.95 Å². The lowest BCUT2D eigenvalue weighted by Gasteiger charge is -2.07. The van der Waals surface area contributed by atoms with Crippen LogP contribution in [0.5, 0.6) is 0 Å². The van der Waals surface area contributed by atoms with Crippen LogP contribution in [0.25, 0.3) is 0 Å². The zero-order valence-electron chi connectivity index (χ0n) is 9.40. The van der Waals surface area contributed by atoms with Gasteiger partial charge in [0.1, 0.15) is 5.82 Å². The van der Waals surface area contributed by atoms with Gasteiger partial charge in [-0.05, 0) is 39.4 Å². The van der Waals surface area contributed by atoms with Crippen molar-refractivity contribution in [3.05, 3.63) is 32.6 Å². The van der Waals surface area contributed by atoms with Crippen LogP contribution in [-0.2, 0) is 13.0 Å². The Morgan fingerprint density at radius 1 is 1.53 bits per heavy atom. The van der Waals surface area contributed by atoms with E-state index in [2.05, 4.69) is 49.6 Å². The van der Waals surface area contributed by atoms with Gasteiger partial charge in [0.05, 0.1) is 11.0 Å². The van der Waals surface area contributed by atoms with Gasteiger partial charge in [-0.15, -0.1) is 11.3 Å². The Labute approximate surface area is 112 Å². The molecule has 0 aliphatic heterocycles. The molecule has 4 nitrogen and oxygen atoms in total. The molecule has 0 spiro atoms. The summed E-state index contributed by atoms with van der Waals surface area (Å²) in [6.45, 7) is 2.92. The molecule has 2 aromatic rings. The molecule has 0 radical (unpaired) electrons. The van der Waals surface area contributed by atoms with Gasteiger partial charge in [-0.25, -0.2) is 4.98 Å². The van der Waals surface area contributed by atoms with Crippen LogP contribution in [0.3, 0.4) is 0 Å². The highest BCUT2D eigenvalue weighted by Crippen LogP contribution is 2.22. The lowest BCUT2D eigenvalue weighted by atomic mass is 10.2. The van der Waals surface area contributed by atoms with Crippen molar-refractivity contribution in [1.82, 2.24) is 9.97 Å². The van der Waals surface area contributed by atoms with Crippen LogP contribution in [0.4, 0.5) is 11.8 Å². The number of halogens is 1. The molecule has 90 valence electrons. The molecule has 0 aliphatic rings. The summed E-state index contributed by atoms with van der Waals surface area (Å²) in [6.07, 6.45) is 2.70. The highest BCUT2D eigenvalue weighted by Gasteiger charge is 2.06. The largest absolute Gasteiger partial charge is 0.368 e. The molecular formula is C11H13BrN4S. The summed E-state index contributed by atoms with van der Waals surface area (Å²) in [5.74, 6) is 1.01. The Morgan fingerprint density at radius 2 is 2.35 bits per heavy atom. The first-order valence-corrected chi connectivity index (χ1v) is 6.95. The highest BCUT2D eigenvalue weighted by molar-refractivity contribution is 9.10. The van der Waals surface area contributed by atoms with Crippen molar-refractivity contribution in [2.24, 2.45) is 0 Å². The molecule has 0 saturated carbocycles. The first-order valence-electron chi connectivity index (χ1n) is 5.27. The van der Waals surface area contributed by atoms with Gasteiger partial charge in [0.2, 0.25) is 5.95 Å². The minimum absolute atomic E-state index is 0.276. The van der Waals surface area contributed by atoms with Crippen molar-refractivity contribution in [1.29, 1.82) is 0 Å². The lowest BCUT2D eigenvalue weighted by molar-refractivity contribution is 1.05. The minimum atomic E-state index is 0.276. The van der Waals surface area contributed by atoms with Crippen LogP contribution in [0.15, 0.2) is 22.1 Å². The summed E-state index contributed by atoms with van der Waals surface area (Å²) >= 11 is 5.14. The number of aromatic nitrogens is 2. The van der Waals surface area contributed by atoms with Gasteiger partial charge in [-0.1, -0.05) is 6.92 Å². The Hall–Kier alpha value is -1.14. The monoisotopic (exact) mass is 312 g/mol. The Kier molecular flexibility index (Phi) is 3.96. The van der Waals surface area contributed by atoms with E-state index in [9.17, 15) is 0 Å². The average molecular weight is 313 g/mol. The molecule has 17 heavy (non-hydrogen) atoms. The van der Waals surface area contributed by atoms with Crippen LogP contribution < -0.4 is 11.1 Å². The molecule has 0 atom stereocenters. The van der Waals surface area contributed by atoms with Crippen LogP contribution in [0.1, 0.15) is 17.4 Å². The van der Waals surface area contributed by atoms with Crippen LogP contribution in [0, 0.1) is 0 Å². The number of hydrogen-bond acceptors (Lipinski definition) is 5. The van der Waals surface area contributed by atoms with E-state index >= 15 is 0 Å². The summed E-state index contributed by atoms with van der Waals surface area (Å²) in [6, 6.07) is 2.16. The van der Waals surface area contributed by atoms with E-state index in [0.717, 1.165) is 23.3 Å². The van der Waals surface area contributed by atoms with E-state index in [1.807, 2.05) is 0 Å². The molecule has 0 saturated heterocycles. The first-order chi connectivity index (χ1) is 8.20. The molecule has 0 amide bonds. The second-order valence-corrected chi connectivity index (χ2v) is 5.36. The molecule has 0 aliphatic carbocycles. The quantitative estimate of drug-likeness (QED) is 0.910. The third kappa shape index (κ3) is 2.95. The third-order valence-electron chi connectivity index (χ3n) is 2.40. The van der Waals surface area contributed by atoms with Crippen molar-refractivity contribution in [3.63, 3.8) is 0 Å². The molecule has 0 fully saturated rings. The smallest absolute Gasteiger partial charge is 0.221 e. The van der Waals surface area contributed by atoms with E-state index in [0.29, 0.717) is 0 Å². The van der Waals surface area contributed by atoms with Gasteiger partial charge < -0.3 is 11.1 Å². The summed E-state index contributed by atoms with van der Waals surface area (Å²) in [7, 11) is 0. The Balaban J connectivity index is 2.09. The standard InChI is InChI=1S/C11H13BrN4S/c1-2-7-3-4-17-9(7)6-14-10-8(12)5-15-11(13)16-10/h3-5H,2,6H2,1H3,(H3,13,14,15,16). The number of nitrogens with zero attached hydrogens (tertiary/aromatic N) is 2. The Morgan fingerprint density at radius 3 is 3.12 bits per heavy atom. The fourth-order valence-corrected chi connectivity index (χ4v) is 2.75. The second-order valence-electron chi connectivity index (χ2n) is 3.50. The fourth-order valence-electron chi connectivity index (χ4n) is 1.51. The molecule has 3 N–H and O–H groups in total. The topological polar surface area (TPSA) is 63.8 Å². The third-order valence-corrected chi connectivity index (χ3v) is 3.94. The average Bonchev–Trinajstić information content (AvgIpc) is 2.77. The number of rotatable bonds is 4. The first kappa shape index (κ1) is 12.3. The fraction of sp³-hybridized carbons (Fsp3) is 0.273. The summed E-state index contributed by atoms with van der Waals surface area (Å²) in [5, 5.41) is 5.37. The number of hydrogen-bond donors (Lipinski definition) is 2. The molecule has 2 rings (SSSR count). The number of thiophene rings is 1. The minimum Gasteiger partial charge on any atom is -0.368 e. The summed E-state index contributed by atoms with van der Waals surface area (Å²) < 4.78 is 0.821. The van der Waals surface area contributed by atoms with Crippen molar-refractivity contribution < 1.29 is 0 Å². The molecular weight excluding hydrogens is 300 g/mol. The van der Waals surface area contributed by atoms with Crippen LogP contribution in [-0.4, -0.2) is 9.97 Å². The second kappa shape index (κ2) is 5.46. The molecule has 2 heterocycles. The predicted molar refractivity (Wildman–Crippen MR) is 75.2 cm³/mol. The maximum atomic E-state index is 5.55. The summed E-state index contributed by atoms with van der Waals surface area (Å²) in [4.78, 5) is 9.37. The SMILES string of the molecule is CCc1ccsc1CNc1nc(N)ncc1Br. The maximum absolute atomic E-state index is 5.55. The van der Waals surface area contributed by atoms with Gasteiger partial charge in [0.15, 0.2) is 0 Å². The van der Waals surface area contributed by atoms with Crippen molar-refractivity contribution >= 4 is 39.0 Å². The van der Waals surface area contributed by atoms with E-state index in [1.54, 1.807) is 17.5 Å². The van der Waals surface area contributed by atoms with Gasteiger partial charge in [-0.3, -0.25) is 0 Å². The number of nitrogens with one attached hydrogen (secondary N) is 1. The van der Waals surface area contributed by atoms with Gasteiger partial charge >= 0.3 is 0 Å². The van der Waals surface area contributed by atoms with Crippen LogP contribution >= 0.6 is 27.3 Å².